The number of carbonyl (C=O) groups excluding carboxylic acids is 1. The highest BCUT2D eigenvalue weighted by Crippen LogP contribution is 2.16. The zero-order valence-electron chi connectivity index (χ0n) is 13.5. The van der Waals surface area contributed by atoms with E-state index in [0.717, 1.165) is 26.2 Å². The van der Waals surface area contributed by atoms with Crippen molar-refractivity contribution < 1.29 is 13.2 Å². The van der Waals surface area contributed by atoms with Crippen LogP contribution in [0.25, 0.3) is 0 Å². The summed E-state index contributed by atoms with van der Waals surface area (Å²) in [4.78, 5) is 16.1. The van der Waals surface area contributed by atoms with Crippen LogP contribution >= 0.6 is 12.4 Å². The zero-order chi connectivity index (χ0) is 15.7. The van der Waals surface area contributed by atoms with Gasteiger partial charge in [0.05, 0.1) is 5.92 Å². The van der Waals surface area contributed by atoms with E-state index in [0.29, 0.717) is 39.3 Å². The molecule has 0 radical (unpaired) electrons. The minimum absolute atomic E-state index is 0. The van der Waals surface area contributed by atoms with Crippen molar-refractivity contribution in [1.29, 1.82) is 0 Å². The molecule has 3 fully saturated rings. The minimum atomic E-state index is -3.38. The largest absolute Gasteiger partial charge is 0.340 e. The summed E-state index contributed by atoms with van der Waals surface area (Å²) >= 11 is 0. The highest BCUT2D eigenvalue weighted by atomic mass is 35.5. The van der Waals surface area contributed by atoms with Crippen molar-refractivity contribution in [3.05, 3.63) is 0 Å². The van der Waals surface area contributed by atoms with E-state index in [9.17, 15) is 13.2 Å². The number of carbonyl (C=O) groups is 1. The summed E-state index contributed by atoms with van der Waals surface area (Å²) in [6.07, 6.45) is 0. The molecule has 0 aliphatic carbocycles. The molecule has 23 heavy (non-hydrogen) atoms. The smallest absolute Gasteiger partial charge is 0.282 e. The maximum atomic E-state index is 12.6. The summed E-state index contributed by atoms with van der Waals surface area (Å²) < 4.78 is 28.4. The number of nitrogens with zero attached hydrogens (tertiary/aromatic N) is 4. The van der Waals surface area contributed by atoms with Gasteiger partial charge in [-0.15, -0.1) is 12.4 Å². The molecule has 3 saturated heterocycles. The molecule has 134 valence electrons. The molecule has 0 atom stereocenters. The standard InChI is InChI=1S/C13H25N5O3S.ClH/c1-15-2-6-17(7-3-15)22(20,21)18-8-4-16(5-9-18)13(19)12-10-14-11-12;/h12,14H,2-11H2,1H3;1H. The molecule has 3 aliphatic heterocycles. The van der Waals surface area contributed by atoms with Gasteiger partial charge in [-0.3, -0.25) is 4.79 Å². The summed E-state index contributed by atoms with van der Waals surface area (Å²) in [6, 6.07) is 0. The van der Waals surface area contributed by atoms with Gasteiger partial charge < -0.3 is 15.1 Å². The fourth-order valence-electron chi connectivity index (χ4n) is 3.04. The van der Waals surface area contributed by atoms with E-state index in [4.69, 9.17) is 0 Å². The van der Waals surface area contributed by atoms with Crippen LogP contribution in [0.15, 0.2) is 0 Å². The van der Waals surface area contributed by atoms with Gasteiger partial charge in [0.25, 0.3) is 10.2 Å². The Kier molecular flexibility index (Phi) is 6.26. The van der Waals surface area contributed by atoms with E-state index in [-0.39, 0.29) is 24.2 Å². The number of likely N-dealkylation sites (N-methyl/N-ethyl adjacent to an activating group) is 1. The van der Waals surface area contributed by atoms with Crippen LogP contribution in [0.1, 0.15) is 0 Å². The fourth-order valence-corrected chi connectivity index (χ4v) is 4.62. The van der Waals surface area contributed by atoms with Gasteiger partial charge in [0.1, 0.15) is 0 Å². The molecule has 1 amide bonds. The summed E-state index contributed by atoms with van der Waals surface area (Å²) in [5.41, 5.74) is 0. The third-order valence-electron chi connectivity index (χ3n) is 4.80. The number of hydrogen-bond acceptors (Lipinski definition) is 5. The fraction of sp³-hybridized carbons (Fsp3) is 0.923. The van der Waals surface area contributed by atoms with E-state index in [1.165, 1.54) is 4.31 Å². The lowest BCUT2D eigenvalue weighted by atomic mass is 10.0. The van der Waals surface area contributed by atoms with Gasteiger partial charge in [-0.25, -0.2) is 0 Å². The number of rotatable bonds is 3. The van der Waals surface area contributed by atoms with Gasteiger partial charge in [-0.2, -0.15) is 17.0 Å². The highest BCUT2D eigenvalue weighted by Gasteiger charge is 2.36. The summed E-state index contributed by atoms with van der Waals surface area (Å²) in [6.45, 7) is 5.94. The molecule has 3 rings (SSSR count). The van der Waals surface area contributed by atoms with Crippen molar-refractivity contribution in [2.75, 3.05) is 72.5 Å². The molecule has 3 aliphatic rings. The Morgan fingerprint density at radius 2 is 1.39 bits per heavy atom. The van der Waals surface area contributed by atoms with Crippen molar-refractivity contribution in [3.8, 4) is 0 Å². The molecule has 0 spiro atoms. The van der Waals surface area contributed by atoms with Crippen molar-refractivity contribution in [3.63, 3.8) is 0 Å². The van der Waals surface area contributed by atoms with Crippen molar-refractivity contribution in [2.24, 2.45) is 5.92 Å². The lowest BCUT2D eigenvalue weighted by Crippen LogP contribution is -2.59. The third-order valence-corrected chi connectivity index (χ3v) is 6.83. The summed E-state index contributed by atoms with van der Waals surface area (Å²) in [5, 5.41) is 3.10. The first-order chi connectivity index (χ1) is 10.5. The van der Waals surface area contributed by atoms with E-state index >= 15 is 0 Å². The third kappa shape index (κ3) is 3.97. The Bertz CT molecular complexity index is 512. The van der Waals surface area contributed by atoms with Gasteiger partial charge in [-0.1, -0.05) is 0 Å². The monoisotopic (exact) mass is 367 g/mol. The maximum Gasteiger partial charge on any atom is 0.282 e. The minimum Gasteiger partial charge on any atom is -0.340 e. The lowest BCUT2D eigenvalue weighted by Gasteiger charge is -2.40. The van der Waals surface area contributed by atoms with Crippen LogP contribution in [0.5, 0.6) is 0 Å². The van der Waals surface area contributed by atoms with Crippen LogP contribution in [0.3, 0.4) is 0 Å². The molecule has 10 heteroatoms. The van der Waals surface area contributed by atoms with Crippen LogP contribution in [0.2, 0.25) is 0 Å². The molecule has 3 heterocycles. The normalized spacial score (nSPS) is 25.7. The van der Waals surface area contributed by atoms with Gasteiger partial charge in [-0.05, 0) is 7.05 Å². The molecule has 8 nitrogen and oxygen atoms in total. The van der Waals surface area contributed by atoms with Gasteiger partial charge in [0, 0.05) is 65.4 Å². The number of piperazine rings is 2. The first kappa shape index (κ1) is 18.9. The summed E-state index contributed by atoms with van der Waals surface area (Å²) in [7, 11) is -1.38. The average Bonchev–Trinajstić information content (AvgIpc) is 2.46. The van der Waals surface area contributed by atoms with Crippen LogP contribution < -0.4 is 5.32 Å². The Morgan fingerprint density at radius 1 is 0.913 bits per heavy atom. The SMILES string of the molecule is CN1CCN(S(=O)(=O)N2CCN(C(=O)C3CNC3)CC2)CC1.Cl. The molecule has 1 N–H and O–H groups in total. The number of amides is 1. The van der Waals surface area contributed by atoms with Gasteiger partial charge in [0.15, 0.2) is 0 Å². The number of nitrogens with one attached hydrogen (secondary N) is 1. The molecule has 0 saturated carbocycles. The Labute approximate surface area is 144 Å². The first-order valence-electron chi connectivity index (χ1n) is 7.92. The molecule has 0 aromatic heterocycles. The highest BCUT2D eigenvalue weighted by molar-refractivity contribution is 7.86. The maximum absolute atomic E-state index is 12.6. The second-order valence-corrected chi connectivity index (χ2v) is 8.22. The van der Waals surface area contributed by atoms with Crippen LogP contribution in [-0.4, -0.2) is 105 Å². The molecule has 0 bridgehead atoms. The number of hydrogen-bond donors (Lipinski definition) is 1. The molecule has 0 aromatic rings. The van der Waals surface area contributed by atoms with Crippen molar-refractivity contribution in [2.45, 2.75) is 0 Å². The van der Waals surface area contributed by atoms with Gasteiger partial charge in [0.2, 0.25) is 5.91 Å². The van der Waals surface area contributed by atoms with E-state index in [2.05, 4.69) is 10.2 Å². The van der Waals surface area contributed by atoms with Gasteiger partial charge >= 0.3 is 0 Å². The molecule has 0 aromatic carbocycles. The Balaban J connectivity index is 0.00000192. The average molecular weight is 368 g/mol. The van der Waals surface area contributed by atoms with Crippen molar-refractivity contribution in [1.82, 2.24) is 23.7 Å². The molecular weight excluding hydrogens is 342 g/mol. The van der Waals surface area contributed by atoms with E-state index < -0.39 is 10.2 Å². The second-order valence-electron chi connectivity index (χ2n) is 6.29. The van der Waals surface area contributed by atoms with E-state index in [1.54, 1.807) is 4.31 Å². The van der Waals surface area contributed by atoms with Crippen LogP contribution in [-0.2, 0) is 15.0 Å². The predicted molar refractivity (Wildman–Crippen MR) is 89.8 cm³/mol. The Hall–Kier alpha value is -0.450. The Morgan fingerprint density at radius 3 is 1.83 bits per heavy atom. The number of halogens is 1. The topological polar surface area (TPSA) is 76.2 Å². The lowest BCUT2D eigenvalue weighted by molar-refractivity contribution is -0.138. The summed E-state index contributed by atoms with van der Waals surface area (Å²) in [5.74, 6) is 0.246. The second kappa shape index (κ2) is 7.62. The van der Waals surface area contributed by atoms with Crippen LogP contribution in [0, 0.1) is 5.92 Å². The predicted octanol–water partition coefficient (Wildman–Crippen LogP) is -1.74. The van der Waals surface area contributed by atoms with Crippen molar-refractivity contribution >= 4 is 28.5 Å². The molecule has 0 unspecified atom stereocenters. The quantitative estimate of drug-likeness (QED) is 0.641. The zero-order valence-corrected chi connectivity index (χ0v) is 15.1. The van der Waals surface area contributed by atoms with Crippen LogP contribution in [0.4, 0.5) is 0 Å². The first-order valence-corrected chi connectivity index (χ1v) is 9.31. The molecular formula is C13H26ClN5O3S. The van der Waals surface area contributed by atoms with E-state index in [1.807, 2.05) is 11.9 Å².